The predicted molar refractivity (Wildman–Crippen MR) is 128 cm³/mol. The van der Waals surface area contributed by atoms with Gasteiger partial charge in [0.1, 0.15) is 28.3 Å². The first-order chi connectivity index (χ1) is 17.0. The minimum Gasteiger partial charge on any atom is -0.494 e. The van der Waals surface area contributed by atoms with Crippen LogP contribution in [0, 0.1) is 5.92 Å². The topological polar surface area (TPSA) is 56.8 Å². The molecular formula is C28H26F3NO4. The molecule has 2 aliphatic rings. The summed E-state index contributed by atoms with van der Waals surface area (Å²) in [6.45, 7) is 6.18. The first-order valence-corrected chi connectivity index (χ1v) is 11.8. The van der Waals surface area contributed by atoms with E-state index in [9.17, 15) is 18.0 Å². The number of hydrogen-bond donors (Lipinski definition) is 1. The second-order valence-electron chi connectivity index (χ2n) is 9.56. The number of ether oxygens (including phenoxy) is 3. The van der Waals surface area contributed by atoms with E-state index in [1.165, 1.54) is 18.2 Å². The summed E-state index contributed by atoms with van der Waals surface area (Å²) in [5.74, 6) is 0.215. The zero-order valence-electron chi connectivity index (χ0n) is 20.1. The van der Waals surface area contributed by atoms with Crippen LogP contribution in [0.2, 0.25) is 0 Å². The number of anilines is 1. The molecule has 0 aromatic heterocycles. The van der Waals surface area contributed by atoms with E-state index in [0.717, 1.165) is 5.56 Å². The lowest BCUT2D eigenvalue weighted by atomic mass is 9.58. The molecule has 5 rings (SSSR count). The summed E-state index contributed by atoms with van der Waals surface area (Å²) in [7, 11) is 0. The lowest BCUT2D eigenvalue weighted by Crippen LogP contribution is -2.58. The zero-order chi connectivity index (χ0) is 25.7. The molecule has 1 N–H and O–H groups in total. The summed E-state index contributed by atoms with van der Waals surface area (Å²) in [4.78, 5) is 14.0. The number of hydrogen-bond acceptors (Lipinski definition) is 4. The summed E-state index contributed by atoms with van der Waals surface area (Å²) in [5, 5.41) is 3.04. The highest BCUT2D eigenvalue weighted by atomic mass is 19.4. The summed E-state index contributed by atoms with van der Waals surface area (Å²) in [6.07, 6.45) is -4.52. The summed E-state index contributed by atoms with van der Waals surface area (Å²) < 4.78 is 54.9. The molecule has 0 saturated carbocycles. The SMILES string of the molecule is CCOc1ccc2c(c1)OC(C)(C)C(Cc1cccc(OC(F)(F)F)c1)[C@]21C(=O)Nc2ccccc21. The van der Waals surface area contributed by atoms with Crippen LogP contribution in [0.25, 0.3) is 0 Å². The van der Waals surface area contributed by atoms with E-state index in [1.54, 1.807) is 12.1 Å². The number of halogens is 3. The van der Waals surface area contributed by atoms with Gasteiger partial charge in [0, 0.05) is 23.2 Å². The maximum Gasteiger partial charge on any atom is 0.573 e. The molecule has 8 heteroatoms. The fourth-order valence-corrected chi connectivity index (χ4v) is 5.63. The van der Waals surface area contributed by atoms with Crippen molar-refractivity contribution in [1.82, 2.24) is 0 Å². The maximum atomic E-state index is 14.0. The van der Waals surface area contributed by atoms with Gasteiger partial charge in [0.05, 0.1) is 6.61 Å². The number of benzene rings is 3. The molecule has 5 nitrogen and oxygen atoms in total. The molecule has 1 spiro atoms. The molecule has 1 amide bonds. The van der Waals surface area contributed by atoms with Gasteiger partial charge in [-0.2, -0.15) is 0 Å². The lowest BCUT2D eigenvalue weighted by Gasteiger charge is -2.50. The molecule has 0 bridgehead atoms. The van der Waals surface area contributed by atoms with Gasteiger partial charge in [-0.15, -0.1) is 13.2 Å². The van der Waals surface area contributed by atoms with Crippen molar-refractivity contribution in [2.75, 3.05) is 11.9 Å². The van der Waals surface area contributed by atoms with Gasteiger partial charge < -0.3 is 19.5 Å². The van der Waals surface area contributed by atoms with Crippen LogP contribution in [0.15, 0.2) is 66.7 Å². The number of alkyl halides is 3. The van der Waals surface area contributed by atoms with E-state index in [0.29, 0.717) is 34.9 Å². The van der Waals surface area contributed by atoms with Crippen LogP contribution in [0.1, 0.15) is 37.5 Å². The van der Waals surface area contributed by atoms with Crippen molar-refractivity contribution in [3.8, 4) is 17.2 Å². The minimum absolute atomic E-state index is 0.196. The van der Waals surface area contributed by atoms with Gasteiger partial charge >= 0.3 is 6.36 Å². The molecule has 3 aromatic carbocycles. The quantitative estimate of drug-likeness (QED) is 0.453. The van der Waals surface area contributed by atoms with E-state index in [4.69, 9.17) is 9.47 Å². The second kappa shape index (κ2) is 8.47. The van der Waals surface area contributed by atoms with Crippen LogP contribution in [0.5, 0.6) is 17.2 Å². The Morgan fingerprint density at radius 1 is 0.972 bits per heavy atom. The fraction of sp³-hybridized carbons (Fsp3) is 0.321. The Bertz CT molecular complexity index is 1320. The van der Waals surface area contributed by atoms with Gasteiger partial charge in [-0.3, -0.25) is 4.79 Å². The van der Waals surface area contributed by atoms with Crippen molar-refractivity contribution < 1.29 is 32.2 Å². The van der Waals surface area contributed by atoms with Crippen LogP contribution >= 0.6 is 0 Å². The Hall–Kier alpha value is -3.68. The Kier molecular flexibility index (Phi) is 5.65. The summed E-state index contributed by atoms with van der Waals surface area (Å²) in [6, 6.07) is 18.9. The Morgan fingerprint density at radius 3 is 2.50 bits per heavy atom. The number of para-hydroxylation sites is 1. The third-order valence-corrected chi connectivity index (χ3v) is 6.95. The normalized spacial score (nSPS) is 21.8. The average molecular weight is 498 g/mol. The number of fused-ring (bicyclic) bond motifs is 4. The number of amides is 1. The van der Waals surface area contributed by atoms with Crippen molar-refractivity contribution >= 4 is 11.6 Å². The molecule has 0 saturated heterocycles. The minimum atomic E-state index is -4.80. The van der Waals surface area contributed by atoms with Crippen LogP contribution in [-0.4, -0.2) is 24.5 Å². The standard InChI is InChI=1S/C28H26F3NO4/c1-4-34-18-12-13-21-23(16-18)36-26(2,3)24(15-17-8-7-9-19(14-17)35-28(29,30)31)27(21)20-10-5-6-11-22(20)32-25(27)33/h5-14,16,24H,4,15H2,1-3H3,(H,32,33)/t24?,27-/m1/s1. The van der Waals surface area contributed by atoms with Crippen molar-refractivity contribution in [3.63, 3.8) is 0 Å². The molecule has 0 fully saturated rings. The van der Waals surface area contributed by atoms with Crippen LogP contribution in [0.4, 0.5) is 18.9 Å². The van der Waals surface area contributed by atoms with E-state index in [-0.39, 0.29) is 18.1 Å². The Labute approximate surface area is 207 Å². The Balaban J connectivity index is 1.68. The molecule has 3 aromatic rings. The molecule has 2 aliphatic heterocycles. The van der Waals surface area contributed by atoms with Crippen molar-refractivity contribution in [1.29, 1.82) is 0 Å². The number of nitrogens with one attached hydrogen (secondary N) is 1. The Morgan fingerprint density at radius 2 is 1.75 bits per heavy atom. The lowest BCUT2D eigenvalue weighted by molar-refractivity contribution is -0.274. The molecule has 1 unspecified atom stereocenters. The molecule has 0 aliphatic carbocycles. The molecule has 2 heterocycles. The monoisotopic (exact) mass is 497 g/mol. The highest BCUT2D eigenvalue weighted by Crippen LogP contribution is 2.58. The highest BCUT2D eigenvalue weighted by Gasteiger charge is 2.62. The number of rotatable bonds is 5. The van der Waals surface area contributed by atoms with Crippen molar-refractivity contribution in [3.05, 3.63) is 83.4 Å². The van der Waals surface area contributed by atoms with Crippen LogP contribution in [0.3, 0.4) is 0 Å². The van der Waals surface area contributed by atoms with Gasteiger partial charge in [0.25, 0.3) is 0 Å². The number of carbonyl (C=O) groups excluding carboxylic acids is 1. The molecule has 188 valence electrons. The molecular weight excluding hydrogens is 471 g/mol. The smallest absolute Gasteiger partial charge is 0.494 e. The van der Waals surface area contributed by atoms with Gasteiger partial charge in [-0.25, -0.2) is 0 Å². The maximum absolute atomic E-state index is 14.0. The largest absolute Gasteiger partial charge is 0.573 e. The highest BCUT2D eigenvalue weighted by molar-refractivity contribution is 6.09. The van der Waals surface area contributed by atoms with Gasteiger partial charge in [-0.1, -0.05) is 36.4 Å². The van der Waals surface area contributed by atoms with Crippen molar-refractivity contribution in [2.24, 2.45) is 5.92 Å². The van der Waals surface area contributed by atoms with E-state index in [2.05, 4.69) is 10.1 Å². The summed E-state index contributed by atoms with van der Waals surface area (Å²) in [5.41, 5.74) is 0.820. The average Bonchev–Trinajstić information content (AvgIpc) is 3.08. The number of carbonyl (C=O) groups is 1. The fourth-order valence-electron chi connectivity index (χ4n) is 5.63. The molecule has 2 atom stereocenters. The van der Waals surface area contributed by atoms with Crippen LogP contribution in [-0.2, 0) is 16.6 Å². The van der Waals surface area contributed by atoms with E-state index in [1.807, 2.05) is 57.2 Å². The van der Waals surface area contributed by atoms with Gasteiger partial charge in [0.2, 0.25) is 5.91 Å². The van der Waals surface area contributed by atoms with E-state index >= 15 is 0 Å². The summed E-state index contributed by atoms with van der Waals surface area (Å²) >= 11 is 0. The van der Waals surface area contributed by atoms with Gasteiger partial charge in [-0.05, 0) is 62.6 Å². The third kappa shape index (κ3) is 3.94. The molecule has 0 radical (unpaired) electrons. The van der Waals surface area contributed by atoms with Crippen LogP contribution < -0.4 is 19.5 Å². The predicted octanol–water partition coefficient (Wildman–Crippen LogP) is 6.25. The van der Waals surface area contributed by atoms with Gasteiger partial charge in [0.15, 0.2) is 0 Å². The zero-order valence-corrected chi connectivity index (χ0v) is 20.1. The molecule has 36 heavy (non-hydrogen) atoms. The first kappa shape index (κ1) is 24.0. The van der Waals surface area contributed by atoms with E-state index < -0.39 is 23.3 Å². The van der Waals surface area contributed by atoms with Crippen molar-refractivity contribution in [2.45, 2.75) is 44.6 Å². The second-order valence-corrected chi connectivity index (χ2v) is 9.56. The third-order valence-electron chi connectivity index (χ3n) is 6.95. The first-order valence-electron chi connectivity index (χ1n) is 11.8.